The average Bonchev–Trinajstić information content (AvgIpc) is 2.53. The van der Waals surface area contributed by atoms with Crippen molar-refractivity contribution in [1.82, 2.24) is 4.90 Å². The van der Waals surface area contributed by atoms with Gasteiger partial charge in [-0.1, -0.05) is 24.4 Å². The zero-order chi connectivity index (χ0) is 19.9. The third-order valence-electron chi connectivity index (χ3n) is 4.45. The van der Waals surface area contributed by atoms with Gasteiger partial charge in [-0.15, -0.1) is 0 Å². The Labute approximate surface area is 157 Å². The number of hydrogen-bond acceptors (Lipinski definition) is 4. The SMILES string of the molecule is CN(C)CC1CCCCC1(O)Cc1cc(Cl)ccc1F.O=C(O)C(=O)O. The molecule has 0 radical (unpaired) electrons. The third-order valence-corrected chi connectivity index (χ3v) is 4.68. The van der Waals surface area contributed by atoms with Crippen LogP contribution in [0.2, 0.25) is 5.02 Å². The monoisotopic (exact) mass is 389 g/mol. The van der Waals surface area contributed by atoms with Gasteiger partial charge in [-0.05, 0) is 50.7 Å². The third kappa shape index (κ3) is 6.90. The van der Waals surface area contributed by atoms with Crippen molar-refractivity contribution in [2.45, 2.75) is 37.7 Å². The fourth-order valence-electron chi connectivity index (χ4n) is 3.24. The molecular weight excluding hydrogens is 365 g/mol. The van der Waals surface area contributed by atoms with Gasteiger partial charge in [0.15, 0.2) is 0 Å². The van der Waals surface area contributed by atoms with E-state index in [0.29, 0.717) is 17.0 Å². The van der Waals surface area contributed by atoms with E-state index in [0.717, 1.165) is 32.2 Å². The average molecular weight is 390 g/mol. The summed E-state index contributed by atoms with van der Waals surface area (Å²) >= 11 is 5.94. The molecule has 0 heterocycles. The maximum Gasteiger partial charge on any atom is 0.414 e. The van der Waals surface area contributed by atoms with E-state index in [1.165, 1.54) is 6.07 Å². The molecular formula is C18H25ClFNO5. The number of carboxylic acids is 2. The smallest absolute Gasteiger partial charge is 0.414 e. The number of carbonyl (C=O) groups is 2. The Morgan fingerprint density at radius 2 is 1.88 bits per heavy atom. The van der Waals surface area contributed by atoms with Crippen LogP contribution in [0.25, 0.3) is 0 Å². The molecule has 2 unspecified atom stereocenters. The van der Waals surface area contributed by atoms with E-state index in [1.807, 2.05) is 14.1 Å². The molecule has 0 bridgehead atoms. The van der Waals surface area contributed by atoms with Crippen LogP contribution in [0.1, 0.15) is 31.2 Å². The van der Waals surface area contributed by atoms with Crippen LogP contribution in [0, 0.1) is 11.7 Å². The Bertz CT molecular complexity index is 628. The van der Waals surface area contributed by atoms with E-state index in [9.17, 15) is 9.50 Å². The second-order valence-electron chi connectivity index (χ2n) is 6.83. The number of hydrogen-bond donors (Lipinski definition) is 3. The molecule has 0 amide bonds. The van der Waals surface area contributed by atoms with Gasteiger partial charge in [-0.3, -0.25) is 0 Å². The highest BCUT2D eigenvalue weighted by molar-refractivity contribution is 6.30. The first kappa shape index (κ1) is 22.3. The van der Waals surface area contributed by atoms with Crippen molar-refractivity contribution in [3.63, 3.8) is 0 Å². The van der Waals surface area contributed by atoms with Crippen molar-refractivity contribution >= 4 is 23.5 Å². The van der Waals surface area contributed by atoms with Crippen molar-refractivity contribution in [1.29, 1.82) is 0 Å². The number of benzene rings is 1. The Kier molecular flexibility index (Phi) is 8.46. The summed E-state index contributed by atoms with van der Waals surface area (Å²) in [7, 11) is 4.02. The quantitative estimate of drug-likeness (QED) is 0.685. The van der Waals surface area contributed by atoms with Crippen LogP contribution >= 0.6 is 11.6 Å². The molecule has 1 aliphatic rings. The van der Waals surface area contributed by atoms with Gasteiger partial charge in [0.1, 0.15) is 5.82 Å². The molecule has 0 saturated heterocycles. The molecule has 2 rings (SSSR count). The minimum absolute atomic E-state index is 0.185. The van der Waals surface area contributed by atoms with Crippen molar-refractivity contribution in [2.24, 2.45) is 5.92 Å². The first-order valence-corrected chi connectivity index (χ1v) is 8.70. The van der Waals surface area contributed by atoms with E-state index in [-0.39, 0.29) is 11.7 Å². The van der Waals surface area contributed by atoms with Gasteiger partial charge in [0.25, 0.3) is 0 Å². The molecule has 1 aliphatic carbocycles. The highest BCUT2D eigenvalue weighted by Crippen LogP contribution is 2.37. The summed E-state index contributed by atoms with van der Waals surface area (Å²) < 4.78 is 13.9. The lowest BCUT2D eigenvalue weighted by Crippen LogP contribution is -2.47. The predicted molar refractivity (Wildman–Crippen MR) is 95.8 cm³/mol. The van der Waals surface area contributed by atoms with Gasteiger partial charge in [0.05, 0.1) is 5.60 Å². The molecule has 146 valence electrons. The minimum Gasteiger partial charge on any atom is -0.473 e. The summed E-state index contributed by atoms with van der Waals surface area (Å²) in [5.74, 6) is -3.74. The van der Waals surface area contributed by atoms with Gasteiger partial charge in [0.2, 0.25) is 0 Å². The number of carboxylic acid groups (broad SMARTS) is 2. The van der Waals surface area contributed by atoms with Crippen LogP contribution in [0.3, 0.4) is 0 Å². The van der Waals surface area contributed by atoms with E-state index < -0.39 is 17.5 Å². The van der Waals surface area contributed by atoms with Crippen LogP contribution < -0.4 is 0 Å². The summed E-state index contributed by atoms with van der Waals surface area (Å²) in [6.07, 6.45) is 4.22. The molecule has 2 atom stereocenters. The summed E-state index contributed by atoms with van der Waals surface area (Å²) in [6.45, 7) is 0.832. The molecule has 1 fully saturated rings. The van der Waals surface area contributed by atoms with Crippen molar-refractivity contribution < 1.29 is 29.3 Å². The number of halogens is 2. The molecule has 1 aromatic carbocycles. The molecule has 0 spiro atoms. The van der Waals surface area contributed by atoms with E-state index in [2.05, 4.69) is 4.90 Å². The molecule has 3 N–H and O–H groups in total. The lowest BCUT2D eigenvalue weighted by atomic mass is 9.72. The van der Waals surface area contributed by atoms with Crippen LogP contribution in [-0.4, -0.2) is 58.4 Å². The van der Waals surface area contributed by atoms with E-state index in [1.54, 1.807) is 12.1 Å². The Balaban J connectivity index is 0.000000487. The second-order valence-corrected chi connectivity index (χ2v) is 7.27. The van der Waals surface area contributed by atoms with Gasteiger partial charge >= 0.3 is 11.9 Å². The van der Waals surface area contributed by atoms with Gasteiger partial charge < -0.3 is 20.2 Å². The molecule has 0 aromatic heterocycles. The fraction of sp³-hybridized carbons (Fsp3) is 0.556. The summed E-state index contributed by atoms with van der Waals surface area (Å²) in [4.78, 5) is 20.3. The largest absolute Gasteiger partial charge is 0.473 e. The summed E-state index contributed by atoms with van der Waals surface area (Å²) in [5.41, 5.74) is -0.306. The van der Waals surface area contributed by atoms with Crippen LogP contribution in [0.15, 0.2) is 18.2 Å². The van der Waals surface area contributed by atoms with E-state index in [4.69, 9.17) is 31.4 Å². The Morgan fingerprint density at radius 3 is 2.42 bits per heavy atom. The fourth-order valence-corrected chi connectivity index (χ4v) is 3.43. The maximum absolute atomic E-state index is 13.9. The molecule has 1 aromatic rings. The number of aliphatic carboxylic acids is 2. The first-order chi connectivity index (χ1) is 12.0. The summed E-state index contributed by atoms with van der Waals surface area (Å²) in [6, 6.07) is 4.56. The molecule has 6 nitrogen and oxygen atoms in total. The highest BCUT2D eigenvalue weighted by Gasteiger charge is 2.39. The van der Waals surface area contributed by atoms with Crippen LogP contribution in [0.5, 0.6) is 0 Å². The zero-order valence-electron chi connectivity index (χ0n) is 14.9. The molecule has 1 saturated carbocycles. The maximum atomic E-state index is 13.9. The second kappa shape index (κ2) is 9.85. The first-order valence-electron chi connectivity index (χ1n) is 8.32. The predicted octanol–water partition coefficient (Wildman–Crippen LogP) is 2.66. The van der Waals surface area contributed by atoms with Crippen LogP contribution in [-0.2, 0) is 16.0 Å². The topological polar surface area (TPSA) is 98.1 Å². The van der Waals surface area contributed by atoms with Crippen molar-refractivity contribution in [3.05, 3.63) is 34.6 Å². The van der Waals surface area contributed by atoms with Crippen LogP contribution in [0.4, 0.5) is 4.39 Å². The Morgan fingerprint density at radius 1 is 1.27 bits per heavy atom. The lowest BCUT2D eigenvalue weighted by molar-refractivity contribution is -0.159. The molecule has 8 heteroatoms. The van der Waals surface area contributed by atoms with E-state index >= 15 is 0 Å². The van der Waals surface area contributed by atoms with Crippen molar-refractivity contribution in [3.8, 4) is 0 Å². The normalized spacial score (nSPS) is 22.5. The number of aliphatic hydroxyl groups is 1. The van der Waals surface area contributed by atoms with Gasteiger partial charge in [-0.2, -0.15) is 0 Å². The Hall–Kier alpha value is -1.70. The standard InChI is InChI=1S/C16H23ClFNO.C2H2O4/c1-19(2)11-13-5-3-4-8-16(13,20)10-12-9-14(17)6-7-15(12)18;3-1(4)2(5)6/h6-7,9,13,20H,3-5,8,10-11H2,1-2H3;(H,3,4)(H,5,6). The summed E-state index contributed by atoms with van der Waals surface area (Å²) in [5, 5.41) is 26.3. The lowest BCUT2D eigenvalue weighted by Gasteiger charge is -2.41. The van der Waals surface area contributed by atoms with Gasteiger partial charge in [0, 0.05) is 23.9 Å². The highest BCUT2D eigenvalue weighted by atomic mass is 35.5. The molecule has 26 heavy (non-hydrogen) atoms. The number of rotatable bonds is 4. The van der Waals surface area contributed by atoms with Gasteiger partial charge in [-0.25, -0.2) is 14.0 Å². The molecule has 0 aliphatic heterocycles. The minimum atomic E-state index is -1.82. The zero-order valence-corrected chi connectivity index (χ0v) is 15.7. The van der Waals surface area contributed by atoms with Crippen molar-refractivity contribution in [2.75, 3.05) is 20.6 Å². The number of nitrogens with zero attached hydrogens (tertiary/aromatic N) is 1.